The van der Waals surface area contributed by atoms with Gasteiger partial charge < -0.3 is 5.32 Å². The summed E-state index contributed by atoms with van der Waals surface area (Å²) in [6, 6.07) is 0. The second kappa shape index (κ2) is 5.01. The van der Waals surface area contributed by atoms with Crippen molar-refractivity contribution in [3.63, 3.8) is 0 Å². The van der Waals surface area contributed by atoms with Crippen LogP contribution in [0.4, 0.5) is 17.6 Å². The van der Waals surface area contributed by atoms with Crippen molar-refractivity contribution < 1.29 is 22.4 Å². The topological polar surface area (TPSA) is 29.1 Å². The van der Waals surface area contributed by atoms with E-state index in [9.17, 15) is 22.4 Å². The zero-order valence-corrected chi connectivity index (χ0v) is 9.78. The van der Waals surface area contributed by atoms with Crippen LogP contribution < -0.4 is 5.32 Å². The first-order valence-corrected chi connectivity index (χ1v) is 4.94. The Morgan fingerprint density at radius 2 is 1.69 bits per heavy atom. The molecule has 0 fully saturated rings. The first-order chi connectivity index (χ1) is 6.99. The van der Waals surface area contributed by atoms with E-state index in [1.54, 1.807) is 6.92 Å². The number of alkyl halides is 4. The Kier molecular flexibility index (Phi) is 4.76. The minimum Gasteiger partial charge on any atom is -0.350 e. The first kappa shape index (κ1) is 15.2. The molecule has 1 unspecified atom stereocenters. The van der Waals surface area contributed by atoms with E-state index in [2.05, 4.69) is 0 Å². The van der Waals surface area contributed by atoms with Crippen LogP contribution in [0, 0.1) is 11.3 Å². The second-order valence-corrected chi connectivity index (χ2v) is 4.90. The summed E-state index contributed by atoms with van der Waals surface area (Å²) < 4.78 is 48.7. The summed E-state index contributed by atoms with van der Waals surface area (Å²) >= 11 is 0. The van der Waals surface area contributed by atoms with E-state index in [1.165, 1.54) is 0 Å². The molecule has 0 aliphatic rings. The maximum atomic E-state index is 12.5. The summed E-state index contributed by atoms with van der Waals surface area (Å²) in [4.78, 5) is 10.8. The Hall–Kier alpha value is -0.810. The van der Waals surface area contributed by atoms with Crippen molar-refractivity contribution >= 4 is 5.91 Å². The lowest BCUT2D eigenvalue weighted by Crippen LogP contribution is -2.47. The van der Waals surface area contributed by atoms with Crippen molar-refractivity contribution in [2.24, 2.45) is 11.3 Å². The molecule has 0 radical (unpaired) electrons. The number of halogens is 4. The minimum atomic E-state index is -4.61. The molecule has 0 rings (SSSR count). The van der Waals surface area contributed by atoms with Gasteiger partial charge in [-0.2, -0.15) is 8.78 Å². The zero-order valence-electron chi connectivity index (χ0n) is 9.78. The van der Waals surface area contributed by atoms with E-state index in [0.29, 0.717) is 0 Å². The Morgan fingerprint density at radius 1 is 1.25 bits per heavy atom. The maximum absolute atomic E-state index is 12.5. The predicted octanol–water partition coefficient (Wildman–Crippen LogP) is 2.69. The van der Waals surface area contributed by atoms with Crippen LogP contribution in [0.25, 0.3) is 0 Å². The number of carbonyl (C=O) groups is 1. The van der Waals surface area contributed by atoms with Crippen molar-refractivity contribution in [2.45, 2.75) is 40.0 Å². The van der Waals surface area contributed by atoms with Gasteiger partial charge in [0.15, 0.2) is 0 Å². The monoisotopic (exact) mass is 243 g/mol. The fourth-order valence-corrected chi connectivity index (χ4v) is 0.769. The smallest absolute Gasteiger partial charge is 0.350 e. The molecule has 1 atom stereocenters. The summed E-state index contributed by atoms with van der Waals surface area (Å²) in [5.41, 5.74) is -0.187. The van der Waals surface area contributed by atoms with Crippen LogP contribution in [0.3, 0.4) is 0 Å². The van der Waals surface area contributed by atoms with Crippen molar-refractivity contribution in [2.75, 3.05) is 6.54 Å². The lowest BCUT2D eigenvalue weighted by atomic mass is 9.82. The van der Waals surface area contributed by atoms with Crippen LogP contribution in [0.5, 0.6) is 0 Å². The number of hydrogen-bond acceptors (Lipinski definition) is 1. The molecule has 0 heterocycles. The van der Waals surface area contributed by atoms with Crippen LogP contribution in [0.1, 0.15) is 27.7 Å². The molecular formula is C10H17F4NO. The van der Waals surface area contributed by atoms with Crippen molar-refractivity contribution in [3.05, 3.63) is 0 Å². The third kappa shape index (κ3) is 3.98. The minimum absolute atomic E-state index is 0.0509. The standard InChI is InChI=1S/C10H17F4NO/c1-6(9(2,3)4)5-15-8(16)10(13,14)7(11)12/h6-7H,5H2,1-4H3,(H,15,16). The van der Waals surface area contributed by atoms with Gasteiger partial charge in [-0.25, -0.2) is 8.78 Å². The molecule has 0 aliphatic carbocycles. The lowest BCUT2D eigenvalue weighted by Gasteiger charge is -2.28. The Labute approximate surface area is 92.4 Å². The van der Waals surface area contributed by atoms with Gasteiger partial charge in [-0.05, 0) is 11.3 Å². The highest BCUT2D eigenvalue weighted by Gasteiger charge is 2.48. The van der Waals surface area contributed by atoms with Crippen LogP contribution in [-0.4, -0.2) is 24.8 Å². The van der Waals surface area contributed by atoms with Crippen molar-refractivity contribution in [3.8, 4) is 0 Å². The Balaban J connectivity index is 4.29. The van der Waals surface area contributed by atoms with E-state index in [-0.39, 0.29) is 17.9 Å². The highest BCUT2D eigenvalue weighted by atomic mass is 19.3. The van der Waals surface area contributed by atoms with Gasteiger partial charge in [-0.15, -0.1) is 0 Å². The van der Waals surface area contributed by atoms with Gasteiger partial charge in [-0.1, -0.05) is 27.7 Å². The molecule has 0 saturated heterocycles. The van der Waals surface area contributed by atoms with Crippen molar-refractivity contribution in [1.82, 2.24) is 5.32 Å². The van der Waals surface area contributed by atoms with Gasteiger partial charge in [0.05, 0.1) is 0 Å². The molecule has 0 aromatic carbocycles. The summed E-state index contributed by atoms with van der Waals surface area (Å²) in [5.74, 6) is -6.62. The van der Waals surface area contributed by atoms with Crippen LogP contribution in [0.2, 0.25) is 0 Å². The molecule has 0 aliphatic heterocycles. The van der Waals surface area contributed by atoms with Crippen LogP contribution in [-0.2, 0) is 4.79 Å². The van der Waals surface area contributed by atoms with E-state index in [0.717, 1.165) is 0 Å². The molecular weight excluding hydrogens is 226 g/mol. The number of amides is 1. The summed E-state index contributed by atoms with van der Waals surface area (Å²) in [7, 11) is 0. The molecule has 1 N–H and O–H groups in total. The second-order valence-electron chi connectivity index (χ2n) is 4.90. The maximum Gasteiger partial charge on any atom is 0.383 e. The van der Waals surface area contributed by atoms with Gasteiger partial charge in [-0.3, -0.25) is 4.79 Å². The van der Waals surface area contributed by atoms with Gasteiger partial charge in [0.1, 0.15) is 0 Å². The molecule has 1 amide bonds. The number of carbonyl (C=O) groups excluding carboxylic acids is 1. The zero-order chi connectivity index (χ0) is 13.1. The van der Waals surface area contributed by atoms with Gasteiger partial charge in [0.25, 0.3) is 5.91 Å². The highest BCUT2D eigenvalue weighted by molar-refractivity contribution is 5.83. The molecule has 0 bridgehead atoms. The molecule has 96 valence electrons. The highest BCUT2D eigenvalue weighted by Crippen LogP contribution is 2.26. The number of rotatable bonds is 4. The van der Waals surface area contributed by atoms with Crippen LogP contribution in [0.15, 0.2) is 0 Å². The van der Waals surface area contributed by atoms with Crippen LogP contribution >= 0.6 is 0 Å². The van der Waals surface area contributed by atoms with Gasteiger partial charge >= 0.3 is 12.3 Å². The quantitative estimate of drug-likeness (QED) is 0.756. The van der Waals surface area contributed by atoms with E-state index in [1.807, 2.05) is 26.1 Å². The molecule has 16 heavy (non-hydrogen) atoms. The SMILES string of the molecule is CC(CNC(=O)C(F)(F)C(F)F)C(C)(C)C. The van der Waals surface area contributed by atoms with E-state index < -0.39 is 18.3 Å². The summed E-state index contributed by atoms with van der Waals surface area (Å²) in [6.07, 6.45) is -3.97. The van der Waals surface area contributed by atoms with Crippen molar-refractivity contribution in [1.29, 1.82) is 0 Å². The van der Waals surface area contributed by atoms with Gasteiger partial charge in [0.2, 0.25) is 0 Å². The predicted molar refractivity (Wildman–Crippen MR) is 52.6 cm³/mol. The Bertz CT molecular complexity index is 248. The third-order valence-electron chi connectivity index (χ3n) is 2.62. The Morgan fingerprint density at radius 3 is 2.00 bits per heavy atom. The average molecular weight is 243 g/mol. The molecule has 0 saturated carbocycles. The summed E-state index contributed by atoms with van der Waals surface area (Å²) in [6.45, 7) is 7.31. The third-order valence-corrected chi connectivity index (χ3v) is 2.62. The average Bonchev–Trinajstić information content (AvgIpc) is 2.11. The molecule has 0 aromatic rings. The summed E-state index contributed by atoms with van der Waals surface area (Å²) in [5, 5.41) is 1.84. The molecule has 0 aromatic heterocycles. The largest absolute Gasteiger partial charge is 0.383 e. The number of hydrogen-bond donors (Lipinski definition) is 1. The fourth-order valence-electron chi connectivity index (χ4n) is 0.769. The molecule has 2 nitrogen and oxygen atoms in total. The first-order valence-electron chi connectivity index (χ1n) is 4.94. The van der Waals surface area contributed by atoms with E-state index in [4.69, 9.17) is 0 Å². The number of nitrogens with one attached hydrogen (secondary N) is 1. The van der Waals surface area contributed by atoms with E-state index >= 15 is 0 Å². The lowest BCUT2D eigenvalue weighted by molar-refractivity contribution is -0.169. The molecule has 6 heteroatoms. The normalized spacial score (nSPS) is 15.1. The molecule has 0 spiro atoms. The van der Waals surface area contributed by atoms with Gasteiger partial charge in [0, 0.05) is 6.54 Å². The fraction of sp³-hybridized carbons (Fsp3) is 0.900.